The summed E-state index contributed by atoms with van der Waals surface area (Å²) in [6.45, 7) is 3.19. The van der Waals surface area contributed by atoms with Crippen molar-refractivity contribution in [2.45, 2.75) is 19.8 Å². The highest BCUT2D eigenvalue weighted by Gasteiger charge is 2.00. The number of aldehydes is 1. The maximum absolute atomic E-state index is 10.0. The fraction of sp³-hybridized carbons (Fsp3) is 0.875. The zero-order valence-corrected chi connectivity index (χ0v) is 7.13. The molecule has 0 saturated carbocycles. The molecule has 0 aliphatic carbocycles. The van der Waals surface area contributed by atoms with E-state index in [1.54, 1.807) is 0 Å². The molecule has 1 unspecified atom stereocenters. The Morgan fingerprint density at radius 2 is 2.10 bits per heavy atom. The molecule has 0 aliphatic rings. The molecule has 0 spiro atoms. The predicted molar refractivity (Wildman–Crippen MR) is 43.0 cm³/mol. The van der Waals surface area contributed by atoms with Gasteiger partial charge in [0.1, 0.15) is 6.29 Å². The first kappa shape index (κ1) is 9.63. The van der Waals surface area contributed by atoms with Crippen LogP contribution in [-0.2, 0) is 4.79 Å². The molecule has 0 amide bonds. The minimum absolute atomic E-state index is 0.542. The van der Waals surface area contributed by atoms with Crippen molar-refractivity contribution in [2.75, 3.05) is 20.6 Å². The Hall–Kier alpha value is -0.370. The van der Waals surface area contributed by atoms with Crippen molar-refractivity contribution in [3.8, 4) is 0 Å². The zero-order valence-electron chi connectivity index (χ0n) is 7.13. The molecule has 0 rings (SSSR count). The highest BCUT2D eigenvalue weighted by molar-refractivity contribution is 5.49. The summed E-state index contributed by atoms with van der Waals surface area (Å²) in [7, 11) is 4.10. The van der Waals surface area contributed by atoms with E-state index >= 15 is 0 Å². The molecular formula is C8H17NO. The molecule has 1 atom stereocenters. The molecule has 2 nitrogen and oxygen atoms in total. The lowest BCUT2D eigenvalue weighted by Gasteiger charge is -2.12. The third-order valence-corrected chi connectivity index (χ3v) is 1.57. The number of nitrogens with zero attached hydrogens (tertiary/aromatic N) is 1. The van der Waals surface area contributed by atoms with Crippen LogP contribution in [0.1, 0.15) is 19.8 Å². The molecule has 60 valence electrons. The van der Waals surface area contributed by atoms with Gasteiger partial charge in [-0.25, -0.2) is 0 Å². The first-order valence-corrected chi connectivity index (χ1v) is 3.75. The van der Waals surface area contributed by atoms with Crippen LogP contribution in [0.5, 0.6) is 0 Å². The molecule has 0 aliphatic heterocycles. The Balaban J connectivity index is 3.20. The van der Waals surface area contributed by atoms with Gasteiger partial charge in [0.15, 0.2) is 0 Å². The topological polar surface area (TPSA) is 20.3 Å². The quantitative estimate of drug-likeness (QED) is 0.538. The van der Waals surface area contributed by atoms with E-state index in [9.17, 15) is 4.79 Å². The molecule has 0 N–H and O–H groups in total. The van der Waals surface area contributed by atoms with E-state index in [2.05, 4.69) is 11.8 Å². The van der Waals surface area contributed by atoms with E-state index in [4.69, 9.17) is 0 Å². The van der Waals surface area contributed by atoms with Gasteiger partial charge in [0.05, 0.1) is 0 Å². The van der Waals surface area contributed by atoms with Crippen LogP contribution >= 0.6 is 0 Å². The van der Waals surface area contributed by atoms with Crippen molar-refractivity contribution in [3.05, 3.63) is 0 Å². The number of rotatable bonds is 5. The normalized spacial score (nSPS) is 13.6. The second-order valence-corrected chi connectivity index (χ2v) is 3.10. The summed E-state index contributed by atoms with van der Waals surface area (Å²) in [6, 6.07) is 0. The first-order chi connectivity index (χ1) is 4.66. The van der Waals surface area contributed by atoms with Crippen LogP contribution in [0.3, 0.4) is 0 Å². The average molecular weight is 143 g/mol. The minimum Gasteiger partial charge on any atom is -0.309 e. The van der Waals surface area contributed by atoms with E-state index in [0.717, 1.165) is 19.3 Å². The largest absolute Gasteiger partial charge is 0.309 e. The molecule has 2 heteroatoms. The second kappa shape index (κ2) is 5.42. The SMILES string of the molecule is CC(CC=O)CCN(C)C. The lowest BCUT2D eigenvalue weighted by atomic mass is 10.1. The minimum atomic E-state index is 0.542. The predicted octanol–water partition coefficient (Wildman–Crippen LogP) is 1.16. The fourth-order valence-electron chi connectivity index (χ4n) is 0.761. The van der Waals surface area contributed by atoms with Gasteiger partial charge in [0.2, 0.25) is 0 Å². The summed E-state index contributed by atoms with van der Waals surface area (Å²) >= 11 is 0. The van der Waals surface area contributed by atoms with Gasteiger partial charge in [-0.1, -0.05) is 6.92 Å². The molecule has 0 aromatic heterocycles. The van der Waals surface area contributed by atoms with Crippen molar-refractivity contribution in [1.82, 2.24) is 4.90 Å². The Morgan fingerprint density at radius 3 is 2.50 bits per heavy atom. The van der Waals surface area contributed by atoms with Crippen LogP contribution in [0.25, 0.3) is 0 Å². The molecule has 0 bridgehead atoms. The van der Waals surface area contributed by atoms with Crippen LogP contribution in [0.2, 0.25) is 0 Å². The highest BCUT2D eigenvalue weighted by atomic mass is 16.1. The van der Waals surface area contributed by atoms with Gasteiger partial charge in [-0.3, -0.25) is 0 Å². The molecule has 0 radical (unpaired) electrons. The van der Waals surface area contributed by atoms with Crippen LogP contribution < -0.4 is 0 Å². The van der Waals surface area contributed by atoms with E-state index in [0.29, 0.717) is 12.3 Å². The fourth-order valence-corrected chi connectivity index (χ4v) is 0.761. The maximum atomic E-state index is 10.0. The zero-order chi connectivity index (χ0) is 7.98. The Morgan fingerprint density at radius 1 is 1.50 bits per heavy atom. The second-order valence-electron chi connectivity index (χ2n) is 3.10. The third-order valence-electron chi connectivity index (χ3n) is 1.57. The summed E-state index contributed by atoms with van der Waals surface area (Å²) in [4.78, 5) is 12.2. The number of hydrogen-bond acceptors (Lipinski definition) is 2. The summed E-state index contributed by atoms with van der Waals surface area (Å²) in [5.41, 5.74) is 0. The van der Waals surface area contributed by atoms with E-state index < -0.39 is 0 Å². The van der Waals surface area contributed by atoms with Crippen molar-refractivity contribution >= 4 is 6.29 Å². The lowest BCUT2D eigenvalue weighted by Crippen LogP contribution is -2.15. The van der Waals surface area contributed by atoms with Gasteiger partial charge in [-0.15, -0.1) is 0 Å². The molecule has 10 heavy (non-hydrogen) atoms. The standard InChI is InChI=1S/C8H17NO/c1-8(5-7-10)4-6-9(2)3/h7-8H,4-6H2,1-3H3. The van der Waals surface area contributed by atoms with Crippen molar-refractivity contribution < 1.29 is 4.79 Å². The molecule has 0 aromatic rings. The molecule has 0 aromatic carbocycles. The molecule has 0 heterocycles. The summed E-state index contributed by atoms with van der Waals surface area (Å²) in [6.07, 6.45) is 2.82. The average Bonchev–Trinajstić information content (AvgIpc) is 1.85. The van der Waals surface area contributed by atoms with Gasteiger partial charge in [0, 0.05) is 6.42 Å². The molecule has 0 saturated heterocycles. The first-order valence-electron chi connectivity index (χ1n) is 3.75. The summed E-state index contributed by atoms with van der Waals surface area (Å²) < 4.78 is 0. The maximum Gasteiger partial charge on any atom is 0.120 e. The Bertz CT molecular complexity index is 91.3. The van der Waals surface area contributed by atoms with E-state index in [1.807, 2.05) is 14.1 Å². The Kier molecular flexibility index (Phi) is 5.22. The summed E-state index contributed by atoms with van der Waals surface area (Å²) in [5.74, 6) is 0.542. The van der Waals surface area contributed by atoms with Gasteiger partial charge >= 0.3 is 0 Å². The number of hydrogen-bond donors (Lipinski definition) is 0. The van der Waals surface area contributed by atoms with Crippen molar-refractivity contribution in [1.29, 1.82) is 0 Å². The third kappa shape index (κ3) is 5.76. The van der Waals surface area contributed by atoms with E-state index in [-0.39, 0.29) is 0 Å². The highest BCUT2D eigenvalue weighted by Crippen LogP contribution is 2.04. The smallest absolute Gasteiger partial charge is 0.120 e. The number of carbonyl (C=O) groups is 1. The van der Waals surface area contributed by atoms with E-state index in [1.165, 1.54) is 0 Å². The van der Waals surface area contributed by atoms with Crippen molar-refractivity contribution in [2.24, 2.45) is 5.92 Å². The summed E-state index contributed by atoms with van der Waals surface area (Å²) in [5, 5.41) is 0. The van der Waals surface area contributed by atoms with Gasteiger partial charge in [-0.2, -0.15) is 0 Å². The van der Waals surface area contributed by atoms with Crippen LogP contribution in [0.4, 0.5) is 0 Å². The van der Waals surface area contributed by atoms with Crippen molar-refractivity contribution in [3.63, 3.8) is 0 Å². The molecule has 0 fully saturated rings. The lowest BCUT2D eigenvalue weighted by molar-refractivity contribution is -0.108. The van der Waals surface area contributed by atoms with Crippen LogP contribution in [0, 0.1) is 5.92 Å². The van der Waals surface area contributed by atoms with Gasteiger partial charge in [-0.05, 0) is 33.0 Å². The molecular weight excluding hydrogens is 126 g/mol. The number of carbonyl (C=O) groups excluding carboxylic acids is 1. The monoisotopic (exact) mass is 143 g/mol. The Labute approximate surface area is 63.2 Å². The van der Waals surface area contributed by atoms with Gasteiger partial charge in [0.25, 0.3) is 0 Å². The van der Waals surface area contributed by atoms with Crippen LogP contribution in [-0.4, -0.2) is 31.8 Å². The van der Waals surface area contributed by atoms with Crippen LogP contribution in [0.15, 0.2) is 0 Å². The van der Waals surface area contributed by atoms with Gasteiger partial charge < -0.3 is 9.69 Å².